The van der Waals surface area contributed by atoms with E-state index < -0.39 is 0 Å². The van der Waals surface area contributed by atoms with E-state index in [0.29, 0.717) is 6.42 Å². The molecule has 0 bridgehead atoms. The maximum atomic E-state index is 11.0. The number of benzene rings is 1. The summed E-state index contributed by atoms with van der Waals surface area (Å²) in [6.45, 7) is 0. The normalized spacial score (nSPS) is 20.1. The Kier molecular flexibility index (Phi) is 2.87. The van der Waals surface area contributed by atoms with Gasteiger partial charge in [-0.25, -0.2) is 5.43 Å². The summed E-state index contributed by atoms with van der Waals surface area (Å²) < 4.78 is 0. The molecule has 2 N–H and O–H groups in total. The van der Waals surface area contributed by atoms with Gasteiger partial charge in [-0.2, -0.15) is 0 Å². The molecule has 1 aromatic rings. The van der Waals surface area contributed by atoms with Crippen LogP contribution in [-0.4, -0.2) is 19.1 Å². The monoisotopic (exact) mass is 205 g/mol. The van der Waals surface area contributed by atoms with E-state index in [0.717, 1.165) is 12.1 Å². The summed E-state index contributed by atoms with van der Waals surface area (Å²) in [7, 11) is 1.94. The second-order valence-electron chi connectivity index (χ2n) is 3.68. The third-order valence-electron chi connectivity index (χ3n) is 2.49. The maximum Gasteiger partial charge on any atom is 0.221 e. The summed E-state index contributed by atoms with van der Waals surface area (Å²) in [5, 5.41) is 4.79. The van der Waals surface area contributed by atoms with E-state index in [4.69, 9.17) is 0 Å². The third-order valence-corrected chi connectivity index (χ3v) is 2.49. The number of hydrogen-bond donors (Lipinski definition) is 2. The molecule has 0 saturated carbocycles. The molecule has 4 nitrogen and oxygen atoms in total. The highest BCUT2D eigenvalue weighted by molar-refractivity contribution is 5.78. The summed E-state index contributed by atoms with van der Waals surface area (Å²) in [4.78, 5) is 11.0. The van der Waals surface area contributed by atoms with Crippen LogP contribution in [0.4, 0.5) is 5.69 Å². The first-order valence-electron chi connectivity index (χ1n) is 5.10. The van der Waals surface area contributed by atoms with Crippen LogP contribution in [0, 0.1) is 0 Å². The fourth-order valence-corrected chi connectivity index (χ4v) is 1.67. The fourth-order valence-electron chi connectivity index (χ4n) is 1.67. The molecule has 1 amide bonds. The van der Waals surface area contributed by atoms with Gasteiger partial charge in [0.1, 0.15) is 0 Å². The van der Waals surface area contributed by atoms with Crippen molar-refractivity contribution < 1.29 is 4.79 Å². The number of hydrogen-bond acceptors (Lipinski definition) is 3. The lowest BCUT2D eigenvalue weighted by atomic mass is 10.3. The number of nitrogens with one attached hydrogen (secondary N) is 2. The smallest absolute Gasteiger partial charge is 0.221 e. The zero-order chi connectivity index (χ0) is 10.7. The molecule has 1 heterocycles. The van der Waals surface area contributed by atoms with E-state index in [1.807, 2.05) is 42.4 Å². The van der Waals surface area contributed by atoms with E-state index in [1.54, 1.807) is 0 Å². The van der Waals surface area contributed by atoms with Crippen molar-refractivity contribution in [1.29, 1.82) is 0 Å². The molecular weight excluding hydrogens is 190 g/mol. The van der Waals surface area contributed by atoms with Crippen LogP contribution in [0.3, 0.4) is 0 Å². The highest BCUT2D eigenvalue weighted by atomic mass is 16.2. The van der Waals surface area contributed by atoms with Crippen LogP contribution in [0.25, 0.3) is 0 Å². The Labute approximate surface area is 89.2 Å². The molecule has 1 aliphatic heterocycles. The van der Waals surface area contributed by atoms with Crippen LogP contribution in [0.2, 0.25) is 0 Å². The van der Waals surface area contributed by atoms with E-state index in [9.17, 15) is 4.79 Å². The Morgan fingerprint density at radius 3 is 2.73 bits per heavy atom. The fraction of sp³-hybridized carbons (Fsp3) is 0.364. The van der Waals surface area contributed by atoms with Gasteiger partial charge >= 0.3 is 0 Å². The number of nitrogens with zero attached hydrogens (tertiary/aromatic N) is 1. The number of para-hydroxylation sites is 1. The minimum atomic E-state index is 0.0581. The van der Waals surface area contributed by atoms with Gasteiger partial charge < -0.3 is 10.3 Å². The minimum absolute atomic E-state index is 0.0581. The molecule has 2 rings (SSSR count). The van der Waals surface area contributed by atoms with Crippen LogP contribution >= 0.6 is 0 Å². The summed E-state index contributed by atoms with van der Waals surface area (Å²) in [6, 6.07) is 9.99. The average molecular weight is 205 g/mol. The van der Waals surface area contributed by atoms with Crippen molar-refractivity contribution in [2.75, 3.05) is 12.1 Å². The molecule has 80 valence electrons. The SMILES string of the molecule is CN(NC1CCC(=O)N1)c1ccccc1. The summed E-state index contributed by atoms with van der Waals surface area (Å²) in [5.41, 5.74) is 4.31. The molecule has 1 aromatic carbocycles. The van der Waals surface area contributed by atoms with Gasteiger partial charge in [0.25, 0.3) is 0 Å². The van der Waals surface area contributed by atoms with E-state index in [2.05, 4.69) is 10.7 Å². The molecule has 1 saturated heterocycles. The molecule has 15 heavy (non-hydrogen) atoms. The molecule has 1 atom stereocenters. The van der Waals surface area contributed by atoms with E-state index in [-0.39, 0.29) is 12.1 Å². The molecule has 0 spiro atoms. The highest BCUT2D eigenvalue weighted by Gasteiger charge is 2.21. The predicted octanol–water partition coefficient (Wildman–Crippen LogP) is 0.863. The Morgan fingerprint density at radius 2 is 2.13 bits per heavy atom. The van der Waals surface area contributed by atoms with Crippen LogP contribution in [0.5, 0.6) is 0 Å². The third kappa shape index (κ3) is 2.47. The van der Waals surface area contributed by atoms with Crippen molar-refractivity contribution in [3.05, 3.63) is 30.3 Å². The number of amides is 1. The minimum Gasteiger partial charge on any atom is -0.339 e. The van der Waals surface area contributed by atoms with Gasteiger partial charge in [-0.15, -0.1) is 0 Å². The van der Waals surface area contributed by atoms with Gasteiger partial charge in [0.15, 0.2) is 0 Å². The Morgan fingerprint density at radius 1 is 1.40 bits per heavy atom. The summed E-state index contributed by atoms with van der Waals surface area (Å²) >= 11 is 0. The quantitative estimate of drug-likeness (QED) is 0.719. The van der Waals surface area contributed by atoms with Crippen LogP contribution in [-0.2, 0) is 4.79 Å². The number of anilines is 1. The second-order valence-corrected chi connectivity index (χ2v) is 3.68. The van der Waals surface area contributed by atoms with Crippen molar-refractivity contribution in [1.82, 2.24) is 10.7 Å². The molecule has 0 aliphatic carbocycles. The largest absolute Gasteiger partial charge is 0.339 e. The Hall–Kier alpha value is -1.55. The van der Waals surface area contributed by atoms with Crippen molar-refractivity contribution in [3.8, 4) is 0 Å². The first-order valence-corrected chi connectivity index (χ1v) is 5.10. The van der Waals surface area contributed by atoms with Crippen molar-refractivity contribution in [3.63, 3.8) is 0 Å². The molecule has 1 aliphatic rings. The highest BCUT2D eigenvalue weighted by Crippen LogP contribution is 2.11. The first-order chi connectivity index (χ1) is 7.25. The van der Waals surface area contributed by atoms with Gasteiger partial charge in [-0.05, 0) is 18.6 Å². The van der Waals surface area contributed by atoms with Crippen LogP contribution in [0.15, 0.2) is 30.3 Å². The first kappa shape index (κ1) is 9.98. The number of rotatable bonds is 3. The van der Waals surface area contributed by atoms with Gasteiger partial charge in [0.2, 0.25) is 5.91 Å². The zero-order valence-electron chi connectivity index (χ0n) is 8.73. The predicted molar refractivity (Wildman–Crippen MR) is 59.1 cm³/mol. The topological polar surface area (TPSA) is 44.4 Å². The van der Waals surface area contributed by atoms with Crippen molar-refractivity contribution in [2.24, 2.45) is 0 Å². The van der Waals surface area contributed by atoms with Crippen LogP contribution < -0.4 is 15.8 Å². The lowest BCUT2D eigenvalue weighted by Gasteiger charge is -2.24. The zero-order valence-corrected chi connectivity index (χ0v) is 8.73. The van der Waals surface area contributed by atoms with Gasteiger partial charge in [0, 0.05) is 13.5 Å². The number of carbonyl (C=O) groups excluding carboxylic acids is 1. The molecule has 1 unspecified atom stereocenters. The van der Waals surface area contributed by atoms with Gasteiger partial charge in [-0.3, -0.25) is 4.79 Å². The molecular formula is C11H15N3O. The Balaban J connectivity index is 1.92. The van der Waals surface area contributed by atoms with E-state index in [1.165, 1.54) is 0 Å². The molecule has 0 radical (unpaired) electrons. The van der Waals surface area contributed by atoms with Gasteiger partial charge in [-0.1, -0.05) is 18.2 Å². The van der Waals surface area contributed by atoms with Crippen LogP contribution in [0.1, 0.15) is 12.8 Å². The summed E-state index contributed by atoms with van der Waals surface area (Å²) in [6.07, 6.45) is 1.51. The molecule has 4 heteroatoms. The van der Waals surface area contributed by atoms with E-state index >= 15 is 0 Å². The lowest BCUT2D eigenvalue weighted by Crippen LogP contribution is -2.48. The maximum absolute atomic E-state index is 11.0. The lowest BCUT2D eigenvalue weighted by molar-refractivity contribution is -0.119. The number of hydrazine groups is 1. The van der Waals surface area contributed by atoms with Crippen molar-refractivity contribution >= 4 is 11.6 Å². The average Bonchev–Trinajstić information content (AvgIpc) is 2.65. The number of carbonyl (C=O) groups is 1. The van der Waals surface area contributed by atoms with Crippen molar-refractivity contribution in [2.45, 2.75) is 19.0 Å². The summed E-state index contributed by atoms with van der Waals surface area (Å²) in [5.74, 6) is 0.119. The molecule has 1 fully saturated rings. The Bertz CT molecular complexity index is 339. The standard InChI is InChI=1S/C11H15N3O/c1-14(9-5-3-2-4-6-9)13-10-7-8-11(15)12-10/h2-6,10,13H,7-8H2,1H3,(H,12,15). The molecule has 0 aromatic heterocycles. The van der Waals surface area contributed by atoms with Gasteiger partial charge in [0.05, 0.1) is 11.9 Å². The second kappa shape index (κ2) is 4.31.